The molecule has 0 fully saturated rings. The van der Waals surface area contributed by atoms with E-state index in [0.29, 0.717) is 6.04 Å². The van der Waals surface area contributed by atoms with Crippen molar-refractivity contribution in [2.24, 2.45) is 0 Å². The minimum Gasteiger partial charge on any atom is -0.269 e. The van der Waals surface area contributed by atoms with E-state index in [9.17, 15) is 0 Å². The van der Waals surface area contributed by atoms with Gasteiger partial charge in [-0.25, -0.2) is 0 Å². The third kappa shape index (κ3) is 2.39. The van der Waals surface area contributed by atoms with Crippen molar-refractivity contribution in [2.75, 3.05) is 0 Å². The van der Waals surface area contributed by atoms with Gasteiger partial charge in [-0.3, -0.25) is 9.67 Å². The van der Waals surface area contributed by atoms with Crippen molar-refractivity contribution in [1.29, 1.82) is 0 Å². The van der Waals surface area contributed by atoms with Crippen LogP contribution in [-0.4, -0.2) is 14.8 Å². The third-order valence-electron chi connectivity index (χ3n) is 3.26. The molecule has 0 atom stereocenters. The van der Waals surface area contributed by atoms with Gasteiger partial charge in [-0.2, -0.15) is 5.10 Å². The lowest BCUT2D eigenvalue weighted by atomic mass is 10.0. The average Bonchev–Trinajstić information content (AvgIpc) is 3.05. The molecule has 4 heteroatoms. The first-order chi connectivity index (χ1) is 9.65. The van der Waals surface area contributed by atoms with E-state index in [4.69, 9.17) is 5.10 Å². The van der Waals surface area contributed by atoms with Gasteiger partial charge in [0, 0.05) is 46.0 Å². The molecule has 0 spiro atoms. The molecule has 3 rings (SSSR count). The van der Waals surface area contributed by atoms with Crippen LogP contribution < -0.4 is 0 Å². The fraction of sp³-hybridized carbons (Fsp3) is 0.250. The molecule has 0 aliphatic carbocycles. The molecule has 0 aromatic carbocycles. The summed E-state index contributed by atoms with van der Waals surface area (Å²) >= 11 is 1.76. The molecule has 3 nitrogen and oxygen atoms in total. The van der Waals surface area contributed by atoms with Crippen molar-refractivity contribution in [1.82, 2.24) is 14.8 Å². The van der Waals surface area contributed by atoms with E-state index in [1.807, 2.05) is 29.2 Å². The van der Waals surface area contributed by atoms with Gasteiger partial charge in [-0.05, 0) is 44.5 Å². The van der Waals surface area contributed by atoms with Gasteiger partial charge in [-0.15, -0.1) is 11.3 Å². The van der Waals surface area contributed by atoms with Crippen LogP contribution in [0.2, 0.25) is 0 Å². The lowest BCUT2D eigenvalue weighted by Crippen LogP contribution is -2.00. The second-order valence-electron chi connectivity index (χ2n) is 5.15. The van der Waals surface area contributed by atoms with Crippen molar-refractivity contribution in [3.8, 4) is 22.4 Å². The van der Waals surface area contributed by atoms with Gasteiger partial charge in [-0.1, -0.05) is 0 Å². The van der Waals surface area contributed by atoms with Crippen LogP contribution in [0.1, 0.15) is 24.8 Å². The van der Waals surface area contributed by atoms with E-state index in [2.05, 4.69) is 43.4 Å². The van der Waals surface area contributed by atoms with Crippen molar-refractivity contribution in [2.45, 2.75) is 26.8 Å². The molecule has 3 aromatic heterocycles. The van der Waals surface area contributed by atoms with Gasteiger partial charge in [0.2, 0.25) is 0 Å². The SMILES string of the molecule is Cc1cc(-c2nn(C(C)C)cc2-c2ccncc2)cs1. The zero-order valence-corrected chi connectivity index (χ0v) is 12.7. The summed E-state index contributed by atoms with van der Waals surface area (Å²) in [7, 11) is 0. The molecular weight excluding hydrogens is 266 g/mol. The number of hydrogen-bond donors (Lipinski definition) is 0. The molecule has 0 N–H and O–H groups in total. The van der Waals surface area contributed by atoms with E-state index in [0.717, 1.165) is 11.3 Å². The molecule has 3 aromatic rings. The molecule has 0 aliphatic rings. The highest BCUT2D eigenvalue weighted by Gasteiger charge is 2.15. The summed E-state index contributed by atoms with van der Waals surface area (Å²) < 4.78 is 2.03. The predicted molar refractivity (Wildman–Crippen MR) is 83.9 cm³/mol. The number of aromatic nitrogens is 3. The third-order valence-corrected chi connectivity index (χ3v) is 4.12. The van der Waals surface area contributed by atoms with Crippen LogP contribution >= 0.6 is 11.3 Å². The van der Waals surface area contributed by atoms with Gasteiger partial charge in [0.25, 0.3) is 0 Å². The molecule has 0 saturated heterocycles. The lowest BCUT2D eigenvalue weighted by Gasteiger charge is -2.03. The summed E-state index contributed by atoms with van der Waals surface area (Å²) in [5.74, 6) is 0. The maximum absolute atomic E-state index is 4.77. The maximum Gasteiger partial charge on any atom is 0.101 e. The summed E-state index contributed by atoms with van der Waals surface area (Å²) in [5.41, 5.74) is 4.57. The molecule has 20 heavy (non-hydrogen) atoms. The van der Waals surface area contributed by atoms with E-state index in [-0.39, 0.29) is 0 Å². The smallest absolute Gasteiger partial charge is 0.101 e. The molecular formula is C16H17N3S. The van der Waals surface area contributed by atoms with Crippen LogP contribution in [0.3, 0.4) is 0 Å². The molecule has 0 unspecified atom stereocenters. The molecule has 0 amide bonds. The Labute approximate surface area is 122 Å². The monoisotopic (exact) mass is 283 g/mol. The highest BCUT2D eigenvalue weighted by molar-refractivity contribution is 7.10. The average molecular weight is 283 g/mol. The first-order valence-corrected chi connectivity index (χ1v) is 7.58. The van der Waals surface area contributed by atoms with E-state index < -0.39 is 0 Å². The zero-order chi connectivity index (χ0) is 14.1. The van der Waals surface area contributed by atoms with E-state index in [1.54, 1.807) is 11.3 Å². The first-order valence-electron chi connectivity index (χ1n) is 6.70. The second kappa shape index (κ2) is 5.21. The highest BCUT2D eigenvalue weighted by Crippen LogP contribution is 2.33. The predicted octanol–water partition coefficient (Wildman–Crippen LogP) is 4.56. The first kappa shape index (κ1) is 13.1. The number of pyridine rings is 1. The van der Waals surface area contributed by atoms with Crippen LogP contribution in [0.25, 0.3) is 22.4 Å². The van der Waals surface area contributed by atoms with Crippen LogP contribution in [0.4, 0.5) is 0 Å². The summed E-state index contributed by atoms with van der Waals surface area (Å²) in [6.45, 7) is 6.41. The van der Waals surface area contributed by atoms with Gasteiger partial charge < -0.3 is 0 Å². The van der Waals surface area contributed by atoms with Crippen LogP contribution in [0.5, 0.6) is 0 Å². The summed E-state index contributed by atoms with van der Waals surface area (Å²) in [4.78, 5) is 5.40. The molecule has 0 bridgehead atoms. The van der Waals surface area contributed by atoms with Crippen molar-refractivity contribution >= 4 is 11.3 Å². The van der Waals surface area contributed by atoms with Crippen LogP contribution in [0.15, 0.2) is 42.2 Å². The number of hydrogen-bond acceptors (Lipinski definition) is 3. The van der Waals surface area contributed by atoms with Crippen molar-refractivity contribution < 1.29 is 0 Å². The van der Waals surface area contributed by atoms with E-state index >= 15 is 0 Å². The van der Waals surface area contributed by atoms with Crippen molar-refractivity contribution in [3.63, 3.8) is 0 Å². The van der Waals surface area contributed by atoms with Gasteiger partial charge in [0.05, 0.1) is 0 Å². The quantitative estimate of drug-likeness (QED) is 0.705. The van der Waals surface area contributed by atoms with E-state index in [1.165, 1.54) is 16.0 Å². The van der Waals surface area contributed by atoms with Crippen LogP contribution in [-0.2, 0) is 0 Å². The topological polar surface area (TPSA) is 30.7 Å². The largest absolute Gasteiger partial charge is 0.269 e. The molecule has 3 heterocycles. The second-order valence-corrected chi connectivity index (χ2v) is 6.26. The standard InChI is InChI=1S/C16H17N3S/c1-11(2)19-9-15(13-4-6-17-7-5-13)16(18-19)14-8-12(3)20-10-14/h4-11H,1-3H3. The minimum absolute atomic E-state index is 0.351. The summed E-state index contributed by atoms with van der Waals surface area (Å²) in [6, 6.07) is 6.61. The number of nitrogens with zero attached hydrogens (tertiary/aromatic N) is 3. The minimum atomic E-state index is 0.351. The maximum atomic E-state index is 4.77. The Hall–Kier alpha value is -1.94. The number of thiophene rings is 1. The fourth-order valence-electron chi connectivity index (χ4n) is 2.18. The van der Waals surface area contributed by atoms with Crippen LogP contribution in [0, 0.1) is 6.92 Å². The summed E-state index contributed by atoms with van der Waals surface area (Å²) in [6.07, 6.45) is 5.78. The number of rotatable bonds is 3. The Kier molecular flexibility index (Phi) is 3.40. The fourth-order valence-corrected chi connectivity index (χ4v) is 2.87. The normalized spacial score (nSPS) is 11.2. The van der Waals surface area contributed by atoms with Gasteiger partial charge >= 0.3 is 0 Å². The zero-order valence-electron chi connectivity index (χ0n) is 11.9. The highest BCUT2D eigenvalue weighted by atomic mass is 32.1. The number of aryl methyl sites for hydroxylation is 1. The lowest BCUT2D eigenvalue weighted by molar-refractivity contribution is 0.534. The Morgan fingerprint density at radius 2 is 1.90 bits per heavy atom. The van der Waals surface area contributed by atoms with Gasteiger partial charge in [0.1, 0.15) is 5.69 Å². The molecule has 0 saturated carbocycles. The Morgan fingerprint density at radius 1 is 1.15 bits per heavy atom. The molecule has 0 aliphatic heterocycles. The molecule has 0 radical (unpaired) electrons. The Morgan fingerprint density at radius 3 is 2.50 bits per heavy atom. The Bertz CT molecular complexity index is 710. The molecule has 102 valence electrons. The van der Waals surface area contributed by atoms with Crippen molar-refractivity contribution in [3.05, 3.63) is 47.0 Å². The Balaban J connectivity index is 2.17. The summed E-state index contributed by atoms with van der Waals surface area (Å²) in [5, 5.41) is 6.95. The van der Waals surface area contributed by atoms with Gasteiger partial charge in [0.15, 0.2) is 0 Å².